The second-order valence-electron chi connectivity index (χ2n) is 9.47. The fourth-order valence-electron chi connectivity index (χ4n) is 4.72. The van der Waals surface area contributed by atoms with Gasteiger partial charge in [0.25, 0.3) is 5.91 Å². The Bertz CT molecular complexity index is 1470. The number of halogens is 1. The van der Waals surface area contributed by atoms with Gasteiger partial charge < -0.3 is 13.9 Å². The first kappa shape index (κ1) is 23.5. The molecule has 1 aliphatic heterocycles. The number of aromatic nitrogens is 4. The Labute approximate surface area is 209 Å². The Morgan fingerprint density at radius 3 is 2.53 bits per heavy atom. The van der Waals surface area contributed by atoms with Gasteiger partial charge in [-0.3, -0.25) is 9.69 Å². The summed E-state index contributed by atoms with van der Waals surface area (Å²) in [4.78, 5) is 24.5. The van der Waals surface area contributed by atoms with Gasteiger partial charge in [0.2, 0.25) is 5.95 Å². The summed E-state index contributed by atoms with van der Waals surface area (Å²) in [5, 5.41) is 0. The van der Waals surface area contributed by atoms with Crippen molar-refractivity contribution >= 4 is 17.9 Å². The van der Waals surface area contributed by atoms with E-state index in [1.54, 1.807) is 36.7 Å². The number of hydrogen-bond donors (Lipinski definition) is 0. The predicted octanol–water partition coefficient (Wildman–Crippen LogP) is 5.45. The van der Waals surface area contributed by atoms with E-state index in [1.807, 2.05) is 73.5 Å². The fraction of sp³-hybridized carbons (Fsp3) is 0.250. The highest BCUT2D eigenvalue weighted by Crippen LogP contribution is 2.41. The molecule has 1 atom stereocenters. The molecular formula is C28H28FN5O2. The van der Waals surface area contributed by atoms with Gasteiger partial charge in [0.15, 0.2) is 0 Å². The van der Waals surface area contributed by atoms with Crippen molar-refractivity contribution in [1.29, 1.82) is 0 Å². The van der Waals surface area contributed by atoms with Crippen molar-refractivity contribution in [3.05, 3.63) is 95.6 Å². The number of amides is 1. The van der Waals surface area contributed by atoms with E-state index in [-0.39, 0.29) is 17.8 Å². The lowest BCUT2D eigenvalue weighted by atomic mass is 9.88. The standard InChI is InChI=1S/C28H28FN5O2/c1-18-16-32(17-31-18)24-11-6-20(15-25(24)36-5)14-23-26(35)34(19(2)21-7-9-22(29)10-8-21)27-30-12-13-33(27)28(23,3)4/h6-17,19H,1-5H3/b23-14+. The molecule has 0 fully saturated rings. The van der Waals surface area contributed by atoms with Crippen LogP contribution in [-0.2, 0) is 10.3 Å². The van der Waals surface area contributed by atoms with Gasteiger partial charge in [0.1, 0.15) is 11.6 Å². The zero-order valence-corrected chi connectivity index (χ0v) is 20.9. The Balaban J connectivity index is 1.59. The molecule has 5 rings (SSSR count). The largest absolute Gasteiger partial charge is 0.495 e. The second kappa shape index (κ2) is 8.78. The van der Waals surface area contributed by atoms with Crippen molar-refractivity contribution in [2.24, 2.45) is 0 Å². The van der Waals surface area contributed by atoms with Gasteiger partial charge in [-0.2, -0.15) is 0 Å². The molecule has 0 radical (unpaired) electrons. The van der Waals surface area contributed by atoms with Gasteiger partial charge in [-0.25, -0.2) is 14.4 Å². The van der Waals surface area contributed by atoms with Crippen molar-refractivity contribution in [3.8, 4) is 11.4 Å². The number of benzene rings is 2. The molecule has 36 heavy (non-hydrogen) atoms. The monoisotopic (exact) mass is 485 g/mol. The van der Waals surface area contributed by atoms with E-state index in [4.69, 9.17) is 4.74 Å². The Morgan fingerprint density at radius 1 is 1.11 bits per heavy atom. The Kier molecular flexibility index (Phi) is 5.74. The molecule has 1 amide bonds. The molecule has 0 saturated carbocycles. The van der Waals surface area contributed by atoms with Crippen LogP contribution in [0.5, 0.6) is 5.75 Å². The first-order chi connectivity index (χ1) is 17.2. The summed E-state index contributed by atoms with van der Waals surface area (Å²) in [6.07, 6.45) is 9.15. The smallest absolute Gasteiger partial charge is 0.259 e. The molecule has 0 bridgehead atoms. The zero-order valence-electron chi connectivity index (χ0n) is 20.9. The average molecular weight is 486 g/mol. The highest BCUT2D eigenvalue weighted by molar-refractivity contribution is 6.10. The molecule has 0 aliphatic carbocycles. The third kappa shape index (κ3) is 3.88. The number of hydrogen-bond acceptors (Lipinski definition) is 4. The minimum Gasteiger partial charge on any atom is -0.495 e. The fourth-order valence-corrected chi connectivity index (χ4v) is 4.72. The van der Waals surface area contributed by atoms with Gasteiger partial charge in [0, 0.05) is 24.2 Å². The number of imidazole rings is 2. The van der Waals surface area contributed by atoms with Gasteiger partial charge in [-0.1, -0.05) is 18.2 Å². The second-order valence-corrected chi connectivity index (χ2v) is 9.47. The van der Waals surface area contributed by atoms with Crippen LogP contribution in [0.4, 0.5) is 10.3 Å². The Hall–Kier alpha value is -4.20. The van der Waals surface area contributed by atoms with Crippen molar-refractivity contribution < 1.29 is 13.9 Å². The summed E-state index contributed by atoms with van der Waals surface area (Å²) < 4.78 is 23.1. The maximum absolute atomic E-state index is 14.0. The first-order valence-electron chi connectivity index (χ1n) is 11.7. The number of fused-ring (bicyclic) bond motifs is 1. The van der Waals surface area contributed by atoms with Crippen LogP contribution in [0.15, 0.2) is 73.0 Å². The third-order valence-corrected chi connectivity index (χ3v) is 6.79. The van der Waals surface area contributed by atoms with Crippen LogP contribution in [0, 0.1) is 12.7 Å². The Morgan fingerprint density at radius 2 is 1.86 bits per heavy atom. The topological polar surface area (TPSA) is 65.2 Å². The van der Waals surface area contributed by atoms with Gasteiger partial charge in [0.05, 0.1) is 36.4 Å². The van der Waals surface area contributed by atoms with Crippen molar-refractivity contribution in [2.45, 2.75) is 39.3 Å². The molecule has 2 aromatic heterocycles. The minimum absolute atomic E-state index is 0.149. The lowest BCUT2D eigenvalue weighted by Crippen LogP contribution is -2.49. The van der Waals surface area contributed by atoms with Crippen molar-refractivity contribution in [1.82, 2.24) is 19.1 Å². The molecule has 184 valence electrons. The quantitative estimate of drug-likeness (QED) is 0.353. The average Bonchev–Trinajstić information content (AvgIpc) is 3.52. The highest BCUT2D eigenvalue weighted by atomic mass is 19.1. The number of rotatable bonds is 5. The maximum atomic E-state index is 14.0. The van der Waals surface area contributed by atoms with Crippen molar-refractivity contribution in [2.75, 3.05) is 12.0 Å². The molecule has 7 nitrogen and oxygen atoms in total. The lowest BCUT2D eigenvalue weighted by Gasteiger charge is -2.42. The van der Waals surface area contributed by atoms with E-state index in [2.05, 4.69) is 9.97 Å². The summed E-state index contributed by atoms with van der Waals surface area (Å²) in [5.41, 5.74) is 3.38. The normalized spacial score (nSPS) is 16.8. The molecule has 1 unspecified atom stereocenters. The van der Waals surface area contributed by atoms with Gasteiger partial charge in [-0.15, -0.1) is 0 Å². The molecule has 0 spiro atoms. The van der Waals surface area contributed by atoms with Gasteiger partial charge >= 0.3 is 0 Å². The number of nitrogens with zero attached hydrogens (tertiary/aromatic N) is 5. The molecular weight excluding hydrogens is 457 g/mol. The molecule has 4 aromatic rings. The molecule has 8 heteroatoms. The number of ether oxygens (including phenoxy) is 1. The first-order valence-corrected chi connectivity index (χ1v) is 11.7. The minimum atomic E-state index is -0.644. The van der Waals surface area contributed by atoms with Crippen LogP contribution in [0.25, 0.3) is 11.8 Å². The van der Waals surface area contributed by atoms with Crippen LogP contribution in [0.3, 0.4) is 0 Å². The summed E-state index contributed by atoms with van der Waals surface area (Å²) in [6, 6.07) is 11.7. The zero-order chi connectivity index (χ0) is 25.6. The summed E-state index contributed by atoms with van der Waals surface area (Å²) in [6.45, 7) is 7.86. The molecule has 1 aliphatic rings. The molecule has 0 saturated heterocycles. The van der Waals surface area contributed by atoms with E-state index in [0.717, 1.165) is 22.5 Å². The summed E-state index contributed by atoms with van der Waals surface area (Å²) in [7, 11) is 1.62. The highest BCUT2D eigenvalue weighted by Gasteiger charge is 2.43. The van der Waals surface area contributed by atoms with Crippen LogP contribution in [0.2, 0.25) is 0 Å². The number of anilines is 1. The van der Waals surface area contributed by atoms with Crippen LogP contribution >= 0.6 is 0 Å². The maximum Gasteiger partial charge on any atom is 0.259 e. The van der Waals surface area contributed by atoms with E-state index < -0.39 is 5.54 Å². The third-order valence-electron chi connectivity index (χ3n) is 6.79. The summed E-state index contributed by atoms with van der Waals surface area (Å²) in [5.74, 6) is 0.760. The number of methoxy groups -OCH3 is 1. The van der Waals surface area contributed by atoms with Gasteiger partial charge in [-0.05, 0) is 69.2 Å². The predicted molar refractivity (Wildman–Crippen MR) is 137 cm³/mol. The van der Waals surface area contributed by atoms with Crippen LogP contribution < -0.4 is 9.64 Å². The SMILES string of the molecule is COc1cc(/C=C2\C(=O)N(C(C)c3ccc(F)cc3)c3nccn3C2(C)C)ccc1-n1cnc(C)c1. The number of carbonyl (C=O) groups is 1. The number of carbonyl (C=O) groups excluding carboxylic acids is 1. The van der Waals surface area contributed by atoms with Crippen molar-refractivity contribution in [3.63, 3.8) is 0 Å². The van der Waals surface area contributed by atoms with E-state index >= 15 is 0 Å². The summed E-state index contributed by atoms with van der Waals surface area (Å²) >= 11 is 0. The van der Waals surface area contributed by atoms with Crippen LogP contribution in [-0.4, -0.2) is 32.1 Å². The molecule has 0 N–H and O–H groups in total. The molecule has 3 heterocycles. The van der Waals surface area contributed by atoms with E-state index in [1.165, 1.54) is 12.1 Å². The van der Waals surface area contributed by atoms with E-state index in [0.29, 0.717) is 17.3 Å². The van der Waals surface area contributed by atoms with Crippen LogP contribution in [0.1, 0.15) is 43.6 Å². The number of aryl methyl sites for hydroxylation is 1. The lowest BCUT2D eigenvalue weighted by molar-refractivity contribution is -0.117. The van der Waals surface area contributed by atoms with E-state index in [9.17, 15) is 9.18 Å². The molecule has 2 aromatic carbocycles.